The van der Waals surface area contributed by atoms with Crippen LogP contribution in [0.25, 0.3) is 0 Å². The van der Waals surface area contributed by atoms with Gasteiger partial charge in [0.25, 0.3) is 0 Å². The number of para-hydroxylation sites is 1. The van der Waals surface area contributed by atoms with Crippen LogP contribution in [0.3, 0.4) is 0 Å². The summed E-state index contributed by atoms with van der Waals surface area (Å²) >= 11 is 6.03. The second-order valence-electron chi connectivity index (χ2n) is 7.14. The Hall–Kier alpha value is -1.59. The standard InChI is InChI=1S/C19H28ClN3O2/c1-13-7-6-10-16(14(13)2)21-18(24)11-23(3)12-19(25)22-17-9-5-4-8-15(17)20/h4-5,8-9,13-14,16H,6-7,10-12H2,1-3H3,(H,21,24)(H,22,25)/t13-,14+,16-/m0/s1. The van der Waals surface area contributed by atoms with Crippen molar-refractivity contribution in [2.45, 2.75) is 39.2 Å². The highest BCUT2D eigenvalue weighted by molar-refractivity contribution is 6.33. The van der Waals surface area contributed by atoms with Gasteiger partial charge in [0.15, 0.2) is 0 Å². The lowest BCUT2D eigenvalue weighted by Crippen LogP contribution is -2.47. The van der Waals surface area contributed by atoms with E-state index in [2.05, 4.69) is 24.5 Å². The van der Waals surface area contributed by atoms with Crippen molar-refractivity contribution in [1.29, 1.82) is 0 Å². The van der Waals surface area contributed by atoms with Gasteiger partial charge in [-0.3, -0.25) is 14.5 Å². The predicted molar refractivity (Wildman–Crippen MR) is 102 cm³/mol. The van der Waals surface area contributed by atoms with Crippen LogP contribution in [0.15, 0.2) is 24.3 Å². The smallest absolute Gasteiger partial charge is 0.238 e. The van der Waals surface area contributed by atoms with Gasteiger partial charge in [-0.15, -0.1) is 0 Å². The Morgan fingerprint density at radius 1 is 1.16 bits per heavy atom. The Balaban J connectivity index is 1.77. The zero-order chi connectivity index (χ0) is 18.4. The molecule has 1 aromatic carbocycles. The molecule has 0 radical (unpaired) electrons. The highest BCUT2D eigenvalue weighted by atomic mass is 35.5. The third-order valence-corrected chi connectivity index (χ3v) is 5.36. The van der Waals surface area contributed by atoms with E-state index in [-0.39, 0.29) is 30.9 Å². The number of amides is 2. The van der Waals surface area contributed by atoms with Gasteiger partial charge in [-0.05, 0) is 37.4 Å². The average molecular weight is 366 g/mol. The molecule has 2 N–H and O–H groups in total. The number of carbonyl (C=O) groups is 2. The van der Waals surface area contributed by atoms with Gasteiger partial charge in [0.2, 0.25) is 11.8 Å². The Bertz CT molecular complexity index is 608. The Labute approximate surface area is 155 Å². The van der Waals surface area contributed by atoms with Gasteiger partial charge in [-0.2, -0.15) is 0 Å². The number of hydrogen-bond donors (Lipinski definition) is 2. The molecule has 0 unspecified atom stereocenters. The molecule has 2 rings (SSSR count). The van der Waals surface area contributed by atoms with E-state index in [9.17, 15) is 9.59 Å². The molecule has 5 nitrogen and oxygen atoms in total. The molecule has 1 saturated carbocycles. The molecule has 0 aliphatic heterocycles. The van der Waals surface area contributed by atoms with Crippen molar-refractivity contribution >= 4 is 29.1 Å². The Morgan fingerprint density at radius 3 is 2.56 bits per heavy atom. The van der Waals surface area contributed by atoms with E-state index in [1.807, 2.05) is 12.1 Å². The van der Waals surface area contributed by atoms with Crippen molar-refractivity contribution in [3.63, 3.8) is 0 Å². The molecule has 25 heavy (non-hydrogen) atoms. The van der Waals surface area contributed by atoms with Crippen LogP contribution >= 0.6 is 11.6 Å². The minimum Gasteiger partial charge on any atom is -0.352 e. The van der Waals surface area contributed by atoms with E-state index in [0.717, 1.165) is 12.8 Å². The van der Waals surface area contributed by atoms with Crippen LogP contribution in [-0.4, -0.2) is 42.9 Å². The lowest BCUT2D eigenvalue weighted by molar-refractivity contribution is -0.124. The first-order valence-corrected chi connectivity index (χ1v) is 9.27. The van der Waals surface area contributed by atoms with Crippen LogP contribution in [0.5, 0.6) is 0 Å². The molecule has 0 spiro atoms. The minimum absolute atomic E-state index is 0.0287. The monoisotopic (exact) mass is 365 g/mol. The highest BCUT2D eigenvalue weighted by Crippen LogP contribution is 2.29. The average Bonchev–Trinajstić information content (AvgIpc) is 2.53. The predicted octanol–water partition coefficient (Wildman–Crippen LogP) is 3.15. The van der Waals surface area contributed by atoms with Crippen molar-refractivity contribution in [3.05, 3.63) is 29.3 Å². The lowest BCUT2D eigenvalue weighted by atomic mass is 9.78. The maximum absolute atomic E-state index is 12.3. The summed E-state index contributed by atoms with van der Waals surface area (Å²) in [6, 6.07) is 7.33. The number of rotatable bonds is 6. The van der Waals surface area contributed by atoms with Crippen LogP contribution in [-0.2, 0) is 9.59 Å². The van der Waals surface area contributed by atoms with Crippen LogP contribution in [0.2, 0.25) is 5.02 Å². The maximum atomic E-state index is 12.3. The second-order valence-corrected chi connectivity index (χ2v) is 7.55. The molecule has 1 fully saturated rings. The normalized spacial score (nSPS) is 23.3. The lowest BCUT2D eigenvalue weighted by Gasteiger charge is -2.34. The van der Waals surface area contributed by atoms with Crippen LogP contribution in [0.4, 0.5) is 5.69 Å². The highest BCUT2D eigenvalue weighted by Gasteiger charge is 2.28. The van der Waals surface area contributed by atoms with Crippen molar-refractivity contribution in [1.82, 2.24) is 10.2 Å². The molecule has 0 heterocycles. The maximum Gasteiger partial charge on any atom is 0.238 e. The van der Waals surface area contributed by atoms with Gasteiger partial charge in [-0.25, -0.2) is 0 Å². The van der Waals surface area contributed by atoms with Crippen molar-refractivity contribution in [3.8, 4) is 0 Å². The van der Waals surface area contributed by atoms with E-state index < -0.39 is 0 Å². The minimum atomic E-state index is -0.192. The van der Waals surface area contributed by atoms with Gasteiger partial charge in [-0.1, -0.05) is 50.4 Å². The number of halogens is 1. The fourth-order valence-corrected chi connectivity index (χ4v) is 3.52. The molecular formula is C19H28ClN3O2. The summed E-state index contributed by atoms with van der Waals surface area (Å²) in [6.45, 7) is 4.78. The molecule has 6 heteroatoms. The third-order valence-electron chi connectivity index (χ3n) is 5.03. The van der Waals surface area contributed by atoms with E-state index >= 15 is 0 Å². The van der Waals surface area contributed by atoms with Crippen LogP contribution in [0, 0.1) is 11.8 Å². The van der Waals surface area contributed by atoms with Crippen LogP contribution in [0.1, 0.15) is 33.1 Å². The number of likely N-dealkylation sites (N-methyl/N-ethyl adjacent to an activating group) is 1. The molecule has 3 atom stereocenters. The Morgan fingerprint density at radius 2 is 1.84 bits per heavy atom. The molecule has 138 valence electrons. The molecule has 0 saturated heterocycles. The van der Waals surface area contributed by atoms with Gasteiger partial charge >= 0.3 is 0 Å². The molecule has 0 bridgehead atoms. The first-order valence-electron chi connectivity index (χ1n) is 8.89. The number of hydrogen-bond acceptors (Lipinski definition) is 3. The first-order chi connectivity index (χ1) is 11.9. The Kier molecular flexibility index (Phi) is 7.26. The number of benzene rings is 1. The largest absolute Gasteiger partial charge is 0.352 e. The molecule has 0 aromatic heterocycles. The fourth-order valence-electron chi connectivity index (χ4n) is 3.34. The zero-order valence-electron chi connectivity index (χ0n) is 15.2. The van der Waals surface area contributed by atoms with Crippen molar-refractivity contribution in [2.75, 3.05) is 25.5 Å². The molecular weight excluding hydrogens is 338 g/mol. The van der Waals surface area contributed by atoms with Gasteiger partial charge in [0, 0.05) is 6.04 Å². The summed E-state index contributed by atoms with van der Waals surface area (Å²) < 4.78 is 0. The van der Waals surface area contributed by atoms with E-state index in [1.54, 1.807) is 24.1 Å². The summed E-state index contributed by atoms with van der Waals surface area (Å²) in [5.74, 6) is 0.909. The summed E-state index contributed by atoms with van der Waals surface area (Å²) in [5.41, 5.74) is 0.581. The van der Waals surface area contributed by atoms with Crippen LogP contribution < -0.4 is 10.6 Å². The van der Waals surface area contributed by atoms with Gasteiger partial charge in [0.05, 0.1) is 23.8 Å². The van der Waals surface area contributed by atoms with Gasteiger partial charge < -0.3 is 10.6 Å². The summed E-state index contributed by atoms with van der Waals surface area (Å²) in [5, 5.41) is 6.39. The van der Waals surface area contributed by atoms with Crippen molar-refractivity contribution < 1.29 is 9.59 Å². The number of anilines is 1. The first kappa shape index (κ1) is 19.7. The SMILES string of the molecule is C[C@H]1[C@@H](NC(=O)CN(C)CC(=O)Nc2ccccc2Cl)CCC[C@@H]1C. The quantitative estimate of drug-likeness (QED) is 0.814. The number of nitrogens with one attached hydrogen (secondary N) is 2. The number of nitrogens with zero attached hydrogens (tertiary/aromatic N) is 1. The molecule has 2 amide bonds. The number of carbonyl (C=O) groups excluding carboxylic acids is 2. The van der Waals surface area contributed by atoms with E-state index in [1.165, 1.54) is 6.42 Å². The summed E-state index contributed by atoms with van der Waals surface area (Å²) in [7, 11) is 1.76. The van der Waals surface area contributed by atoms with E-state index in [0.29, 0.717) is 22.5 Å². The summed E-state index contributed by atoms with van der Waals surface area (Å²) in [6.07, 6.45) is 3.43. The molecule has 1 aliphatic rings. The molecule has 1 aliphatic carbocycles. The summed E-state index contributed by atoms with van der Waals surface area (Å²) in [4.78, 5) is 26.1. The fraction of sp³-hybridized carbons (Fsp3) is 0.579. The van der Waals surface area contributed by atoms with E-state index in [4.69, 9.17) is 11.6 Å². The zero-order valence-corrected chi connectivity index (χ0v) is 16.0. The van der Waals surface area contributed by atoms with Gasteiger partial charge in [0.1, 0.15) is 0 Å². The van der Waals surface area contributed by atoms with Crippen molar-refractivity contribution in [2.24, 2.45) is 11.8 Å². The second kappa shape index (κ2) is 9.20. The third kappa shape index (κ3) is 6.01. The molecule has 1 aromatic rings. The topological polar surface area (TPSA) is 61.4 Å².